The third kappa shape index (κ3) is 6.16. The monoisotopic (exact) mass is 468 g/mol. The zero-order valence-electron chi connectivity index (χ0n) is 17.6. The molecule has 1 aliphatic heterocycles. The number of halogens is 1. The molecular formula is C24H25ClN4O2S. The van der Waals surface area contributed by atoms with Crippen LogP contribution in [0.5, 0.6) is 0 Å². The molecule has 0 radical (unpaired) electrons. The van der Waals surface area contributed by atoms with Gasteiger partial charge in [-0.3, -0.25) is 14.5 Å². The van der Waals surface area contributed by atoms with Crippen molar-refractivity contribution in [2.45, 2.75) is 25.3 Å². The summed E-state index contributed by atoms with van der Waals surface area (Å²) in [6, 6.07) is 17.2. The maximum atomic E-state index is 12.5. The smallest absolute Gasteiger partial charge is 0.238 e. The summed E-state index contributed by atoms with van der Waals surface area (Å²) in [5.74, 6) is -0.0437. The molecule has 0 aliphatic carbocycles. The summed E-state index contributed by atoms with van der Waals surface area (Å²) in [6.07, 6.45) is 1.90. The van der Waals surface area contributed by atoms with E-state index in [0.29, 0.717) is 11.6 Å². The normalized spacial score (nSPS) is 14.8. The minimum absolute atomic E-state index is 0.0171. The van der Waals surface area contributed by atoms with E-state index in [9.17, 15) is 9.59 Å². The molecule has 2 amide bonds. The SMILES string of the molecule is O=C(CN1CCC(NC(=O)Cc2csc(-c3ccccc3Cl)n2)CC1)Nc1ccccc1. The van der Waals surface area contributed by atoms with Gasteiger partial charge < -0.3 is 10.6 Å². The molecule has 0 saturated carbocycles. The van der Waals surface area contributed by atoms with Crippen molar-refractivity contribution in [2.24, 2.45) is 0 Å². The number of likely N-dealkylation sites (tertiary alicyclic amines) is 1. The van der Waals surface area contributed by atoms with E-state index >= 15 is 0 Å². The molecule has 1 saturated heterocycles. The van der Waals surface area contributed by atoms with E-state index in [1.807, 2.05) is 60.0 Å². The van der Waals surface area contributed by atoms with Gasteiger partial charge in [0.2, 0.25) is 11.8 Å². The number of anilines is 1. The van der Waals surface area contributed by atoms with Crippen molar-refractivity contribution in [1.29, 1.82) is 0 Å². The fraction of sp³-hybridized carbons (Fsp3) is 0.292. The lowest BCUT2D eigenvalue weighted by molar-refractivity contribution is -0.122. The molecule has 0 atom stereocenters. The average Bonchev–Trinajstić information content (AvgIpc) is 3.24. The number of carbonyl (C=O) groups is 2. The maximum Gasteiger partial charge on any atom is 0.238 e. The van der Waals surface area contributed by atoms with Crippen LogP contribution in [0.3, 0.4) is 0 Å². The Hall–Kier alpha value is -2.74. The number of thiazole rings is 1. The second-order valence-electron chi connectivity index (χ2n) is 7.83. The van der Waals surface area contributed by atoms with Crippen LogP contribution in [0.2, 0.25) is 5.02 Å². The van der Waals surface area contributed by atoms with E-state index in [1.165, 1.54) is 11.3 Å². The third-order valence-electron chi connectivity index (χ3n) is 5.38. The van der Waals surface area contributed by atoms with Gasteiger partial charge in [0, 0.05) is 35.8 Å². The van der Waals surface area contributed by atoms with Crippen molar-refractivity contribution in [3.63, 3.8) is 0 Å². The first kappa shape index (κ1) is 22.5. The Morgan fingerprint density at radius 2 is 1.75 bits per heavy atom. The second kappa shape index (κ2) is 10.7. The summed E-state index contributed by atoms with van der Waals surface area (Å²) in [7, 11) is 0. The highest BCUT2D eigenvalue weighted by molar-refractivity contribution is 7.13. The molecule has 1 aliphatic rings. The predicted molar refractivity (Wildman–Crippen MR) is 129 cm³/mol. The Morgan fingerprint density at radius 3 is 2.50 bits per heavy atom. The number of para-hydroxylation sites is 1. The summed E-state index contributed by atoms with van der Waals surface area (Å²) in [5.41, 5.74) is 2.44. The molecular weight excluding hydrogens is 444 g/mol. The van der Waals surface area contributed by atoms with Gasteiger partial charge in [0.1, 0.15) is 5.01 Å². The maximum absolute atomic E-state index is 12.5. The Labute approximate surface area is 196 Å². The van der Waals surface area contributed by atoms with Crippen LogP contribution >= 0.6 is 22.9 Å². The number of rotatable bonds is 7. The quantitative estimate of drug-likeness (QED) is 0.544. The molecule has 32 heavy (non-hydrogen) atoms. The standard InChI is InChI=1S/C24H25ClN4O2S/c25-21-9-5-4-8-20(21)24-28-19(16-32-24)14-22(30)26-18-10-12-29(13-11-18)15-23(31)27-17-6-2-1-3-7-17/h1-9,16,18H,10-15H2,(H,26,30)(H,27,31). The molecule has 166 valence electrons. The topological polar surface area (TPSA) is 74.3 Å². The number of hydrogen-bond acceptors (Lipinski definition) is 5. The van der Waals surface area contributed by atoms with Gasteiger partial charge in [0.25, 0.3) is 0 Å². The molecule has 2 aromatic carbocycles. The minimum atomic E-state index is -0.0266. The number of aromatic nitrogens is 1. The lowest BCUT2D eigenvalue weighted by Gasteiger charge is -2.31. The van der Waals surface area contributed by atoms with Crippen LogP contribution in [0, 0.1) is 0 Å². The Bertz CT molecular complexity index is 1060. The van der Waals surface area contributed by atoms with E-state index in [2.05, 4.69) is 20.5 Å². The number of nitrogens with zero attached hydrogens (tertiary/aromatic N) is 2. The first-order valence-electron chi connectivity index (χ1n) is 10.6. The highest BCUT2D eigenvalue weighted by Crippen LogP contribution is 2.30. The van der Waals surface area contributed by atoms with Crippen molar-refractivity contribution in [2.75, 3.05) is 25.0 Å². The van der Waals surface area contributed by atoms with Crippen LogP contribution < -0.4 is 10.6 Å². The van der Waals surface area contributed by atoms with Crippen molar-refractivity contribution >= 4 is 40.4 Å². The fourth-order valence-electron chi connectivity index (χ4n) is 3.75. The number of hydrogen-bond donors (Lipinski definition) is 2. The summed E-state index contributed by atoms with van der Waals surface area (Å²) in [5, 5.41) is 9.41. The van der Waals surface area contributed by atoms with E-state index in [1.54, 1.807) is 0 Å². The Morgan fingerprint density at radius 1 is 1.03 bits per heavy atom. The first-order chi connectivity index (χ1) is 15.6. The molecule has 0 spiro atoms. The lowest BCUT2D eigenvalue weighted by Crippen LogP contribution is -2.46. The molecule has 2 N–H and O–H groups in total. The summed E-state index contributed by atoms with van der Waals surface area (Å²) in [4.78, 5) is 31.4. The number of benzene rings is 2. The van der Waals surface area contributed by atoms with Gasteiger partial charge in [-0.2, -0.15) is 0 Å². The van der Waals surface area contributed by atoms with E-state index in [4.69, 9.17) is 11.6 Å². The zero-order valence-corrected chi connectivity index (χ0v) is 19.2. The van der Waals surface area contributed by atoms with E-state index in [0.717, 1.165) is 47.9 Å². The number of nitrogens with one attached hydrogen (secondary N) is 2. The van der Waals surface area contributed by atoms with Crippen LogP contribution in [0.1, 0.15) is 18.5 Å². The second-order valence-corrected chi connectivity index (χ2v) is 9.10. The van der Waals surface area contributed by atoms with Gasteiger partial charge in [-0.25, -0.2) is 4.98 Å². The van der Waals surface area contributed by atoms with Gasteiger partial charge in [-0.15, -0.1) is 11.3 Å². The van der Waals surface area contributed by atoms with Crippen LogP contribution in [0.15, 0.2) is 60.0 Å². The van der Waals surface area contributed by atoms with Crippen molar-refractivity contribution < 1.29 is 9.59 Å². The Balaban J connectivity index is 1.20. The highest BCUT2D eigenvalue weighted by Gasteiger charge is 2.22. The van der Waals surface area contributed by atoms with Gasteiger partial charge in [-0.1, -0.05) is 48.0 Å². The lowest BCUT2D eigenvalue weighted by atomic mass is 10.0. The average molecular weight is 469 g/mol. The molecule has 3 aromatic rings. The largest absolute Gasteiger partial charge is 0.353 e. The molecule has 6 nitrogen and oxygen atoms in total. The third-order valence-corrected chi connectivity index (χ3v) is 6.63. The number of carbonyl (C=O) groups excluding carboxylic acids is 2. The zero-order chi connectivity index (χ0) is 22.3. The van der Waals surface area contributed by atoms with Crippen molar-refractivity contribution in [3.8, 4) is 10.6 Å². The number of amides is 2. The van der Waals surface area contributed by atoms with Crippen LogP contribution in [0.25, 0.3) is 10.6 Å². The number of piperidine rings is 1. The first-order valence-corrected chi connectivity index (χ1v) is 11.9. The van der Waals surface area contributed by atoms with Crippen molar-refractivity contribution in [1.82, 2.24) is 15.2 Å². The van der Waals surface area contributed by atoms with Crippen LogP contribution in [-0.4, -0.2) is 47.4 Å². The highest BCUT2D eigenvalue weighted by atomic mass is 35.5. The fourth-order valence-corrected chi connectivity index (χ4v) is 4.89. The van der Waals surface area contributed by atoms with Gasteiger partial charge >= 0.3 is 0 Å². The molecule has 1 fully saturated rings. The van der Waals surface area contributed by atoms with Gasteiger partial charge in [0.15, 0.2) is 0 Å². The molecule has 0 bridgehead atoms. The summed E-state index contributed by atoms with van der Waals surface area (Å²) in [6.45, 7) is 1.92. The Kier molecular flexibility index (Phi) is 7.52. The predicted octanol–water partition coefficient (Wildman–Crippen LogP) is 4.23. The molecule has 1 aromatic heterocycles. The van der Waals surface area contributed by atoms with Crippen LogP contribution in [-0.2, 0) is 16.0 Å². The summed E-state index contributed by atoms with van der Waals surface area (Å²) < 4.78 is 0. The van der Waals surface area contributed by atoms with Crippen molar-refractivity contribution in [3.05, 3.63) is 70.7 Å². The van der Waals surface area contributed by atoms with Gasteiger partial charge in [0.05, 0.1) is 23.7 Å². The molecule has 4 rings (SSSR count). The van der Waals surface area contributed by atoms with Crippen LogP contribution in [0.4, 0.5) is 5.69 Å². The van der Waals surface area contributed by atoms with Gasteiger partial charge in [-0.05, 0) is 31.0 Å². The van der Waals surface area contributed by atoms with E-state index in [-0.39, 0.29) is 24.3 Å². The molecule has 2 heterocycles. The molecule has 0 unspecified atom stereocenters. The summed E-state index contributed by atoms with van der Waals surface area (Å²) >= 11 is 7.74. The molecule has 8 heteroatoms. The van der Waals surface area contributed by atoms with E-state index < -0.39 is 0 Å². The minimum Gasteiger partial charge on any atom is -0.353 e.